The van der Waals surface area contributed by atoms with Crippen molar-refractivity contribution in [3.8, 4) is 5.69 Å². The number of Topliss-reactive ketones (excluding diaryl/α,β-unsaturated/α-hetero) is 1. The predicted molar refractivity (Wildman–Crippen MR) is 107 cm³/mol. The van der Waals surface area contributed by atoms with Crippen molar-refractivity contribution < 1.29 is 4.79 Å². The minimum Gasteiger partial charge on any atom is -0.295 e. The van der Waals surface area contributed by atoms with E-state index in [0.717, 1.165) is 44.2 Å². The molecule has 0 aliphatic rings. The first-order chi connectivity index (χ1) is 12.6. The van der Waals surface area contributed by atoms with Crippen molar-refractivity contribution in [1.82, 2.24) is 9.78 Å². The van der Waals surface area contributed by atoms with Crippen molar-refractivity contribution >= 4 is 5.78 Å². The highest BCUT2D eigenvalue weighted by atomic mass is 16.2. The SMILES string of the molecule is CCCCCCC(CCCC)C(=O)c1c(C)[nH]n(-c2ccccc2)c1=O. The molecule has 2 rings (SSSR count). The fourth-order valence-electron chi connectivity index (χ4n) is 3.47. The van der Waals surface area contributed by atoms with Gasteiger partial charge in [0, 0.05) is 11.6 Å². The summed E-state index contributed by atoms with van der Waals surface area (Å²) in [6, 6.07) is 9.41. The van der Waals surface area contributed by atoms with Crippen molar-refractivity contribution in [1.29, 1.82) is 0 Å². The van der Waals surface area contributed by atoms with E-state index >= 15 is 0 Å². The number of hydrogen-bond donors (Lipinski definition) is 1. The number of aryl methyl sites for hydroxylation is 1. The normalized spacial score (nSPS) is 12.3. The van der Waals surface area contributed by atoms with Crippen LogP contribution in [0.1, 0.15) is 81.3 Å². The average Bonchev–Trinajstić information content (AvgIpc) is 2.95. The van der Waals surface area contributed by atoms with Gasteiger partial charge in [-0.05, 0) is 31.9 Å². The number of benzene rings is 1. The fourth-order valence-corrected chi connectivity index (χ4v) is 3.47. The summed E-state index contributed by atoms with van der Waals surface area (Å²) >= 11 is 0. The highest BCUT2D eigenvalue weighted by Crippen LogP contribution is 2.22. The molecule has 142 valence electrons. The second-order valence-electron chi connectivity index (χ2n) is 7.14. The van der Waals surface area contributed by atoms with E-state index in [2.05, 4.69) is 18.9 Å². The second kappa shape index (κ2) is 10.1. The van der Waals surface area contributed by atoms with Crippen LogP contribution in [0.25, 0.3) is 5.69 Å². The van der Waals surface area contributed by atoms with Crippen molar-refractivity contribution in [3.63, 3.8) is 0 Å². The van der Waals surface area contributed by atoms with Crippen molar-refractivity contribution in [2.24, 2.45) is 5.92 Å². The summed E-state index contributed by atoms with van der Waals surface area (Å²) in [5, 5.41) is 3.08. The van der Waals surface area contributed by atoms with Gasteiger partial charge in [-0.3, -0.25) is 14.7 Å². The molecule has 1 atom stereocenters. The van der Waals surface area contributed by atoms with Gasteiger partial charge in [-0.2, -0.15) is 0 Å². The topological polar surface area (TPSA) is 54.9 Å². The molecular weight excluding hydrogens is 324 g/mol. The molecule has 0 spiro atoms. The Bertz CT molecular complexity index is 743. The first-order valence-corrected chi connectivity index (χ1v) is 10.0. The molecule has 2 aromatic rings. The van der Waals surface area contributed by atoms with Gasteiger partial charge < -0.3 is 0 Å². The number of carbonyl (C=O) groups is 1. The summed E-state index contributed by atoms with van der Waals surface area (Å²) in [7, 11) is 0. The number of para-hydroxylation sites is 1. The zero-order valence-corrected chi connectivity index (χ0v) is 16.4. The first kappa shape index (κ1) is 20.2. The van der Waals surface area contributed by atoms with E-state index in [1.807, 2.05) is 37.3 Å². The van der Waals surface area contributed by atoms with Crippen LogP contribution in [0.5, 0.6) is 0 Å². The molecule has 0 aliphatic carbocycles. The molecule has 0 bridgehead atoms. The maximum Gasteiger partial charge on any atom is 0.282 e. The van der Waals surface area contributed by atoms with Crippen molar-refractivity contribution in [2.75, 3.05) is 0 Å². The number of ketones is 1. The van der Waals surface area contributed by atoms with E-state index < -0.39 is 0 Å². The highest BCUT2D eigenvalue weighted by Gasteiger charge is 2.26. The molecule has 0 fully saturated rings. The van der Waals surface area contributed by atoms with Crippen LogP contribution in [0.2, 0.25) is 0 Å². The van der Waals surface area contributed by atoms with Gasteiger partial charge in [-0.1, -0.05) is 70.6 Å². The zero-order valence-electron chi connectivity index (χ0n) is 16.4. The number of carbonyl (C=O) groups excluding carboxylic acids is 1. The minimum absolute atomic E-state index is 0.0170. The van der Waals surface area contributed by atoms with Gasteiger partial charge >= 0.3 is 0 Å². The van der Waals surface area contributed by atoms with Crippen molar-refractivity contribution in [3.05, 3.63) is 51.9 Å². The third-order valence-electron chi connectivity index (χ3n) is 5.02. The summed E-state index contributed by atoms with van der Waals surface area (Å²) < 4.78 is 1.48. The molecule has 1 unspecified atom stereocenters. The van der Waals surface area contributed by atoms with Gasteiger partial charge in [0.25, 0.3) is 5.56 Å². The predicted octanol–water partition coefficient (Wildman–Crippen LogP) is 5.43. The number of rotatable bonds is 11. The van der Waals surface area contributed by atoms with Crippen LogP contribution < -0.4 is 5.56 Å². The molecular formula is C22H32N2O2. The lowest BCUT2D eigenvalue weighted by Gasteiger charge is -2.14. The number of H-pyrrole nitrogens is 1. The molecule has 1 N–H and O–H groups in total. The zero-order chi connectivity index (χ0) is 18.9. The molecule has 1 aromatic carbocycles. The number of unbranched alkanes of at least 4 members (excludes halogenated alkanes) is 4. The van der Waals surface area contributed by atoms with Crippen LogP contribution in [0.15, 0.2) is 35.1 Å². The minimum atomic E-state index is -0.228. The molecule has 1 heterocycles. The number of nitrogens with zero attached hydrogens (tertiary/aromatic N) is 1. The Hall–Kier alpha value is -2.10. The molecule has 26 heavy (non-hydrogen) atoms. The summed E-state index contributed by atoms with van der Waals surface area (Å²) in [6.45, 7) is 6.15. The number of hydrogen-bond acceptors (Lipinski definition) is 2. The van der Waals surface area contributed by atoms with E-state index in [9.17, 15) is 9.59 Å². The Morgan fingerprint density at radius 3 is 2.31 bits per heavy atom. The van der Waals surface area contributed by atoms with Crippen LogP contribution in [0.3, 0.4) is 0 Å². The quantitative estimate of drug-likeness (QED) is 0.431. The second-order valence-corrected chi connectivity index (χ2v) is 7.14. The molecule has 4 nitrogen and oxygen atoms in total. The largest absolute Gasteiger partial charge is 0.295 e. The van der Waals surface area contributed by atoms with E-state index in [4.69, 9.17) is 0 Å². The summed E-state index contributed by atoms with van der Waals surface area (Å²) in [5.74, 6) is -0.0263. The molecule has 0 aliphatic heterocycles. The number of aromatic amines is 1. The van der Waals surface area contributed by atoms with Gasteiger partial charge in [0.05, 0.1) is 5.69 Å². The smallest absolute Gasteiger partial charge is 0.282 e. The first-order valence-electron chi connectivity index (χ1n) is 10.0. The lowest BCUT2D eigenvalue weighted by atomic mass is 9.88. The third-order valence-corrected chi connectivity index (χ3v) is 5.02. The van der Waals surface area contributed by atoms with Gasteiger partial charge in [0.2, 0.25) is 0 Å². The third kappa shape index (κ3) is 4.96. The standard InChI is InChI=1S/C22H32N2O2/c1-4-6-8-10-14-18(13-7-5-2)21(25)20-17(3)23-24(22(20)26)19-15-11-9-12-16-19/h9,11-12,15-16,18,23H,4-8,10,13-14H2,1-3H3. The van der Waals surface area contributed by atoms with Crippen LogP contribution in [-0.2, 0) is 0 Å². The van der Waals surface area contributed by atoms with Gasteiger partial charge in [0.1, 0.15) is 5.56 Å². The highest BCUT2D eigenvalue weighted by molar-refractivity contribution is 5.98. The monoisotopic (exact) mass is 356 g/mol. The molecule has 4 heteroatoms. The lowest BCUT2D eigenvalue weighted by Crippen LogP contribution is -2.25. The maximum atomic E-state index is 13.2. The summed E-state index contributed by atoms with van der Waals surface area (Å²) in [4.78, 5) is 26.1. The lowest BCUT2D eigenvalue weighted by molar-refractivity contribution is 0.0900. The van der Waals surface area contributed by atoms with E-state index in [1.54, 1.807) is 0 Å². The Balaban J connectivity index is 2.24. The van der Waals surface area contributed by atoms with E-state index in [0.29, 0.717) is 11.3 Å². The molecule has 0 radical (unpaired) electrons. The maximum absolute atomic E-state index is 13.2. The molecule has 0 saturated carbocycles. The fraction of sp³-hybridized carbons (Fsp3) is 0.545. The van der Waals surface area contributed by atoms with Crippen LogP contribution >= 0.6 is 0 Å². The summed E-state index contributed by atoms with van der Waals surface area (Å²) in [5.41, 5.74) is 1.53. The van der Waals surface area contributed by atoms with Crippen LogP contribution in [-0.4, -0.2) is 15.6 Å². The number of nitrogens with one attached hydrogen (secondary N) is 1. The Kier molecular flexibility index (Phi) is 7.89. The molecule has 0 saturated heterocycles. The molecule has 1 aromatic heterocycles. The van der Waals surface area contributed by atoms with Crippen LogP contribution in [0.4, 0.5) is 0 Å². The Morgan fingerprint density at radius 1 is 1.00 bits per heavy atom. The van der Waals surface area contributed by atoms with E-state index in [1.165, 1.54) is 17.5 Å². The number of aromatic nitrogens is 2. The van der Waals surface area contributed by atoms with Crippen LogP contribution in [0, 0.1) is 12.8 Å². The Morgan fingerprint density at radius 2 is 1.65 bits per heavy atom. The van der Waals surface area contributed by atoms with Crippen molar-refractivity contribution in [2.45, 2.75) is 72.1 Å². The summed E-state index contributed by atoms with van der Waals surface area (Å²) in [6.07, 6.45) is 8.47. The van der Waals surface area contributed by atoms with Gasteiger partial charge in [-0.15, -0.1) is 0 Å². The van der Waals surface area contributed by atoms with E-state index in [-0.39, 0.29) is 17.3 Å². The molecule has 0 amide bonds. The van der Waals surface area contributed by atoms with Gasteiger partial charge in [-0.25, -0.2) is 4.68 Å². The Labute approximate surface area is 156 Å². The van der Waals surface area contributed by atoms with Gasteiger partial charge in [0.15, 0.2) is 5.78 Å². The average molecular weight is 357 g/mol.